The monoisotopic (exact) mass is 275 g/mol. The lowest BCUT2D eigenvalue weighted by Crippen LogP contribution is -2.25. The number of nitrogens with one attached hydrogen (secondary N) is 1. The first-order valence-corrected chi connectivity index (χ1v) is 6.51. The third-order valence-electron chi connectivity index (χ3n) is 3.27. The van der Waals surface area contributed by atoms with E-state index in [0.717, 1.165) is 17.7 Å². The summed E-state index contributed by atoms with van der Waals surface area (Å²) in [6, 6.07) is 4.55. The fraction of sp³-hybridized carbons (Fsp3) is 0.357. The first-order chi connectivity index (χ1) is 9.56. The number of imide groups is 1. The van der Waals surface area contributed by atoms with E-state index in [-0.39, 0.29) is 23.3 Å². The normalized spacial score (nSPS) is 13.6. The molecule has 1 heterocycles. The highest BCUT2D eigenvalue weighted by atomic mass is 16.2. The minimum absolute atomic E-state index is 0.250. The predicted molar refractivity (Wildman–Crippen MR) is 73.5 cm³/mol. The van der Waals surface area contributed by atoms with Crippen molar-refractivity contribution >= 4 is 17.7 Å². The fourth-order valence-electron chi connectivity index (χ4n) is 2.08. The molecule has 106 valence electrons. The second-order valence-electron chi connectivity index (χ2n) is 4.68. The summed E-state index contributed by atoms with van der Waals surface area (Å²) >= 11 is 0. The van der Waals surface area contributed by atoms with Gasteiger partial charge >= 0.3 is 0 Å². The zero-order valence-electron chi connectivity index (χ0n) is 11.3. The maximum atomic E-state index is 11.9. The number of benzene rings is 1. The number of fused-ring (bicyclic) bond motifs is 1. The number of unbranched alkanes of at least 4 members (excludes halogenated alkanes) is 1. The molecule has 0 spiro atoms. The number of hydrogen-bond donors (Lipinski definition) is 2. The number of nitrogens with two attached hydrogens (primary N) is 1. The molecule has 0 aliphatic carbocycles. The van der Waals surface area contributed by atoms with Gasteiger partial charge in [0, 0.05) is 19.2 Å². The van der Waals surface area contributed by atoms with Crippen molar-refractivity contribution in [2.24, 2.45) is 5.73 Å². The molecule has 6 nitrogen and oxygen atoms in total. The van der Waals surface area contributed by atoms with Crippen molar-refractivity contribution in [3.63, 3.8) is 0 Å². The van der Waals surface area contributed by atoms with Crippen molar-refractivity contribution in [3.05, 3.63) is 34.9 Å². The van der Waals surface area contributed by atoms with Gasteiger partial charge < -0.3 is 11.1 Å². The van der Waals surface area contributed by atoms with Crippen molar-refractivity contribution in [2.75, 3.05) is 20.1 Å². The van der Waals surface area contributed by atoms with Crippen LogP contribution in [0.2, 0.25) is 0 Å². The number of carbonyl (C=O) groups is 3. The lowest BCUT2D eigenvalue weighted by molar-refractivity contribution is 0.0693. The minimum atomic E-state index is -0.372. The Kier molecular flexibility index (Phi) is 4.14. The Bertz CT molecular complexity index is 569. The predicted octanol–water partition coefficient (Wildman–Crippen LogP) is 0.381. The second kappa shape index (κ2) is 5.83. The zero-order valence-corrected chi connectivity index (χ0v) is 11.3. The highest BCUT2D eigenvalue weighted by molar-refractivity contribution is 6.21. The van der Waals surface area contributed by atoms with E-state index in [2.05, 4.69) is 5.32 Å². The van der Waals surface area contributed by atoms with Gasteiger partial charge in [0.15, 0.2) is 0 Å². The Balaban J connectivity index is 2.11. The number of rotatable bonds is 5. The van der Waals surface area contributed by atoms with Crippen LogP contribution in [-0.2, 0) is 0 Å². The molecule has 0 atom stereocenters. The average molecular weight is 275 g/mol. The summed E-state index contributed by atoms with van der Waals surface area (Å²) < 4.78 is 0. The van der Waals surface area contributed by atoms with Crippen molar-refractivity contribution in [1.29, 1.82) is 0 Å². The fourth-order valence-corrected chi connectivity index (χ4v) is 2.08. The van der Waals surface area contributed by atoms with E-state index in [4.69, 9.17) is 5.73 Å². The van der Waals surface area contributed by atoms with Crippen LogP contribution in [0.15, 0.2) is 18.2 Å². The maximum Gasteiger partial charge on any atom is 0.261 e. The van der Waals surface area contributed by atoms with Gasteiger partial charge in [0.2, 0.25) is 0 Å². The lowest BCUT2D eigenvalue weighted by atomic mass is 10.1. The topological polar surface area (TPSA) is 92.5 Å². The molecule has 1 aliphatic heterocycles. The molecule has 1 aromatic carbocycles. The van der Waals surface area contributed by atoms with E-state index < -0.39 is 0 Å². The second-order valence-corrected chi connectivity index (χ2v) is 4.68. The molecule has 1 aromatic rings. The first-order valence-electron chi connectivity index (χ1n) is 6.51. The number of amides is 3. The summed E-state index contributed by atoms with van der Waals surface area (Å²) in [6.45, 7) is 1.14. The number of carbonyl (C=O) groups excluding carboxylic acids is 3. The third kappa shape index (κ3) is 2.55. The van der Waals surface area contributed by atoms with Crippen LogP contribution in [0.1, 0.15) is 43.9 Å². The summed E-state index contributed by atoms with van der Waals surface area (Å²) in [5.41, 5.74) is 6.38. The molecule has 0 unspecified atom stereocenters. The lowest BCUT2D eigenvalue weighted by Gasteiger charge is -2.05. The molecular formula is C14H17N3O3. The minimum Gasteiger partial charge on any atom is -0.352 e. The van der Waals surface area contributed by atoms with Crippen LogP contribution in [0.3, 0.4) is 0 Å². The highest BCUT2D eigenvalue weighted by Crippen LogP contribution is 2.22. The largest absolute Gasteiger partial charge is 0.352 e. The Morgan fingerprint density at radius 1 is 1.20 bits per heavy atom. The van der Waals surface area contributed by atoms with Gasteiger partial charge in [-0.3, -0.25) is 19.3 Å². The van der Waals surface area contributed by atoms with E-state index in [1.165, 1.54) is 19.2 Å². The highest BCUT2D eigenvalue weighted by Gasteiger charge is 2.33. The Morgan fingerprint density at radius 2 is 1.90 bits per heavy atom. The zero-order chi connectivity index (χ0) is 14.7. The molecular weight excluding hydrogens is 258 g/mol. The van der Waals surface area contributed by atoms with Gasteiger partial charge in [0.25, 0.3) is 17.7 Å². The van der Waals surface area contributed by atoms with Crippen molar-refractivity contribution in [3.8, 4) is 0 Å². The van der Waals surface area contributed by atoms with Gasteiger partial charge in [-0.15, -0.1) is 0 Å². The van der Waals surface area contributed by atoms with Gasteiger partial charge in [-0.1, -0.05) is 0 Å². The van der Waals surface area contributed by atoms with Gasteiger partial charge in [-0.2, -0.15) is 0 Å². The summed E-state index contributed by atoms with van der Waals surface area (Å²) in [4.78, 5) is 36.5. The Morgan fingerprint density at radius 3 is 2.60 bits per heavy atom. The quantitative estimate of drug-likeness (QED) is 0.600. The molecule has 0 aromatic heterocycles. The van der Waals surface area contributed by atoms with E-state index in [0.29, 0.717) is 24.2 Å². The molecule has 6 heteroatoms. The van der Waals surface area contributed by atoms with Crippen LogP contribution in [-0.4, -0.2) is 42.8 Å². The first kappa shape index (κ1) is 14.2. The standard InChI is InChI=1S/C14H17N3O3/c1-17-13(19)10-5-4-9(8-11(10)14(17)20)12(18)16-7-3-2-6-15/h4-5,8H,2-3,6-7,15H2,1H3,(H,16,18). The van der Waals surface area contributed by atoms with Crippen LogP contribution < -0.4 is 11.1 Å². The van der Waals surface area contributed by atoms with Gasteiger partial charge in [0.1, 0.15) is 0 Å². The SMILES string of the molecule is CN1C(=O)c2ccc(C(=O)NCCCCN)cc2C1=O. The van der Waals surface area contributed by atoms with E-state index in [1.54, 1.807) is 6.07 Å². The molecule has 1 aliphatic rings. The molecule has 0 saturated heterocycles. The third-order valence-corrected chi connectivity index (χ3v) is 3.27. The summed E-state index contributed by atoms with van der Waals surface area (Å²) in [6.07, 6.45) is 1.66. The van der Waals surface area contributed by atoms with E-state index in [1.807, 2.05) is 0 Å². The molecule has 3 N–H and O–H groups in total. The van der Waals surface area contributed by atoms with Gasteiger partial charge in [-0.05, 0) is 37.6 Å². The molecule has 0 radical (unpaired) electrons. The average Bonchev–Trinajstić information content (AvgIpc) is 2.68. The smallest absolute Gasteiger partial charge is 0.261 e. The van der Waals surface area contributed by atoms with Crippen LogP contribution >= 0.6 is 0 Å². The van der Waals surface area contributed by atoms with Crippen molar-refractivity contribution in [2.45, 2.75) is 12.8 Å². The van der Waals surface area contributed by atoms with E-state index >= 15 is 0 Å². The van der Waals surface area contributed by atoms with Crippen LogP contribution in [0.5, 0.6) is 0 Å². The van der Waals surface area contributed by atoms with Gasteiger partial charge in [0.05, 0.1) is 11.1 Å². The maximum absolute atomic E-state index is 11.9. The number of nitrogens with zero attached hydrogens (tertiary/aromatic N) is 1. The molecule has 0 fully saturated rings. The number of hydrogen-bond acceptors (Lipinski definition) is 4. The Labute approximate surface area is 116 Å². The molecule has 2 rings (SSSR count). The van der Waals surface area contributed by atoms with E-state index in [9.17, 15) is 14.4 Å². The molecule has 0 saturated carbocycles. The van der Waals surface area contributed by atoms with Crippen molar-refractivity contribution < 1.29 is 14.4 Å². The summed E-state index contributed by atoms with van der Waals surface area (Å²) in [5, 5.41) is 2.76. The Hall–Kier alpha value is -2.21. The molecule has 20 heavy (non-hydrogen) atoms. The van der Waals surface area contributed by atoms with Crippen LogP contribution in [0.4, 0.5) is 0 Å². The van der Waals surface area contributed by atoms with Crippen LogP contribution in [0.25, 0.3) is 0 Å². The summed E-state index contributed by atoms with van der Waals surface area (Å²) in [7, 11) is 1.43. The van der Waals surface area contributed by atoms with Crippen LogP contribution in [0, 0.1) is 0 Å². The van der Waals surface area contributed by atoms with Crippen molar-refractivity contribution in [1.82, 2.24) is 10.2 Å². The molecule has 0 bridgehead atoms. The van der Waals surface area contributed by atoms with Gasteiger partial charge in [-0.25, -0.2) is 0 Å². The molecule has 3 amide bonds. The summed E-state index contributed by atoms with van der Waals surface area (Å²) in [5.74, 6) is -0.956.